The molecule has 0 aliphatic carbocycles. The lowest BCUT2D eigenvalue weighted by Crippen LogP contribution is -2.28. The van der Waals surface area contributed by atoms with Gasteiger partial charge in [0.05, 0.1) is 35.8 Å². The van der Waals surface area contributed by atoms with E-state index in [2.05, 4.69) is 46.3 Å². The summed E-state index contributed by atoms with van der Waals surface area (Å²) in [5, 5.41) is 0.918. The molecule has 0 fully saturated rings. The van der Waals surface area contributed by atoms with Crippen LogP contribution in [0.2, 0.25) is 0 Å². The van der Waals surface area contributed by atoms with E-state index in [1.807, 2.05) is 49.4 Å². The van der Waals surface area contributed by atoms with E-state index in [0.717, 1.165) is 31.0 Å². The van der Waals surface area contributed by atoms with Gasteiger partial charge in [-0.25, -0.2) is 22.7 Å². The highest BCUT2D eigenvalue weighted by molar-refractivity contribution is 9.10. The van der Waals surface area contributed by atoms with Gasteiger partial charge < -0.3 is 9.47 Å². The summed E-state index contributed by atoms with van der Waals surface area (Å²) in [5.74, 6) is -0.957. The number of sulfonamides is 1. The van der Waals surface area contributed by atoms with Gasteiger partial charge in [-0.2, -0.15) is 0 Å². The van der Waals surface area contributed by atoms with Crippen LogP contribution < -0.4 is 4.72 Å². The molecule has 208 valence electrons. The molecule has 4 aromatic rings. The molecule has 0 aliphatic rings. The molecule has 11 heteroatoms. The van der Waals surface area contributed by atoms with Crippen molar-refractivity contribution < 1.29 is 27.5 Å². The van der Waals surface area contributed by atoms with Gasteiger partial charge in [0.2, 0.25) is 10.0 Å². The van der Waals surface area contributed by atoms with Gasteiger partial charge in [-0.05, 0) is 61.0 Å². The number of pyridine rings is 1. The maximum Gasteiger partial charge on any atom is 0.339 e. The van der Waals surface area contributed by atoms with Crippen molar-refractivity contribution >= 4 is 70.8 Å². The third kappa shape index (κ3) is 8.82. The van der Waals surface area contributed by atoms with Crippen molar-refractivity contribution in [1.29, 1.82) is 0 Å². The average Bonchev–Trinajstić information content (AvgIpc) is 2.95. The number of esters is 2. The fraction of sp³-hybridized carbons (Fsp3) is 0.138. The third-order valence-electron chi connectivity index (χ3n) is 5.51. The van der Waals surface area contributed by atoms with Crippen LogP contribution in [0.1, 0.15) is 21.5 Å². The number of halogens is 2. The molecule has 4 rings (SSSR count). The Labute approximate surface area is 249 Å². The number of hydrogen-bond donors (Lipinski definition) is 1. The van der Waals surface area contributed by atoms with Gasteiger partial charge >= 0.3 is 11.9 Å². The maximum absolute atomic E-state index is 12.4. The van der Waals surface area contributed by atoms with Gasteiger partial charge in [-0.1, -0.05) is 67.8 Å². The minimum Gasteiger partial charge on any atom is -0.466 e. The number of methoxy groups -OCH3 is 2. The summed E-state index contributed by atoms with van der Waals surface area (Å²) in [4.78, 5) is 27.5. The molecule has 8 nitrogen and oxygen atoms in total. The van der Waals surface area contributed by atoms with Crippen molar-refractivity contribution in [2.24, 2.45) is 0 Å². The lowest BCUT2D eigenvalue weighted by Gasteiger charge is -2.09. The van der Waals surface area contributed by atoms with Gasteiger partial charge in [0.15, 0.2) is 0 Å². The fourth-order valence-electron chi connectivity index (χ4n) is 3.37. The van der Waals surface area contributed by atoms with Crippen LogP contribution in [0.4, 0.5) is 0 Å². The van der Waals surface area contributed by atoms with Crippen LogP contribution in [0.5, 0.6) is 0 Å². The number of nitrogens with zero attached hydrogens (tertiary/aromatic N) is 1. The maximum atomic E-state index is 12.4. The van der Waals surface area contributed by atoms with E-state index in [0.29, 0.717) is 5.56 Å². The summed E-state index contributed by atoms with van der Waals surface area (Å²) >= 11 is 6.70. The highest BCUT2D eigenvalue weighted by Gasteiger charge is 2.17. The van der Waals surface area contributed by atoms with Crippen LogP contribution >= 0.6 is 31.9 Å². The number of ether oxygens (including phenoxy) is 2. The van der Waals surface area contributed by atoms with Crippen molar-refractivity contribution in [2.45, 2.75) is 11.8 Å². The van der Waals surface area contributed by atoms with Gasteiger partial charge in [-0.3, -0.25) is 4.98 Å². The number of nitrogens with one attached hydrogen (secondary N) is 1. The molecule has 1 aromatic heterocycles. The molecular formula is C29H26Br2N2O6S. The Kier molecular flexibility index (Phi) is 11.1. The van der Waals surface area contributed by atoms with E-state index in [1.54, 1.807) is 24.3 Å². The van der Waals surface area contributed by atoms with E-state index in [-0.39, 0.29) is 23.0 Å². The second-order valence-electron chi connectivity index (χ2n) is 8.40. The highest BCUT2D eigenvalue weighted by atomic mass is 79.9. The molecule has 1 heterocycles. The van der Waals surface area contributed by atoms with E-state index in [4.69, 9.17) is 4.74 Å². The minimum atomic E-state index is -3.72. The van der Waals surface area contributed by atoms with Crippen molar-refractivity contribution in [1.82, 2.24) is 9.71 Å². The van der Waals surface area contributed by atoms with Crippen LogP contribution in [0.15, 0.2) is 98.4 Å². The smallest absolute Gasteiger partial charge is 0.339 e. The first-order valence-electron chi connectivity index (χ1n) is 11.8. The number of aromatic nitrogens is 1. The van der Waals surface area contributed by atoms with Crippen LogP contribution in [0, 0.1) is 6.92 Å². The zero-order chi connectivity index (χ0) is 29.3. The van der Waals surface area contributed by atoms with Gasteiger partial charge in [-0.15, -0.1) is 0 Å². The zero-order valence-electron chi connectivity index (χ0n) is 21.9. The Morgan fingerprint density at radius 3 is 2.17 bits per heavy atom. The molecule has 0 spiro atoms. The summed E-state index contributed by atoms with van der Waals surface area (Å²) in [6.07, 6.45) is 3.11. The standard InChI is InChI=1S/C18H18BrNO4S.C11H8BrNO2/c1-13-3-9-17(10-4-13)25(22,23)20-12-15(18(21)24-2)11-14-5-7-16(19)8-6-14;1-15-11(14)8-4-7-2-3-9(12)5-10(7)13-6-8/h3-11,20H,12H2,1-2H3;2-6H,1H3/b15-11+;. The molecule has 0 saturated carbocycles. The number of fused-ring (bicyclic) bond motifs is 1. The number of benzene rings is 3. The monoisotopic (exact) mass is 688 g/mol. The Balaban J connectivity index is 0.000000249. The Morgan fingerprint density at radius 2 is 1.55 bits per heavy atom. The molecule has 0 saturated heterocycles. The largest absolute Gasteiger partial charge is 0.466 e. The summed E-state index contributed by atoms with van der Waals surface area (Å²) in [6, 6.07) is 21.2. The van der Waals surface area contributed by atoms with Gasteiger partial charge in [0.1, 0.15) is 0 Å². The molecule has 0 amide bonds. The number of hydrogen-bond acceptors (Lipinski definition) is 7. The van der Waals surface area contributed by atoms with Crippen molar-refractivity contribution in [2.75, 3.05) is 20.8 Å². The summed E-state index contributed by atoms with van der Waals surface area (Å²) in [6.45, 7) is 1.71. The SMILES string of the molecule is COC(=O)/C(=C/c1ccc(Br)cc1)CNS(=O)(=O)c1ccc(C)cc1.COC(=O)c1cnc2cc(Br)ccc2c1. The van der Waals surface area contributed by atoms with Crippen LogP contribution in [0.25, 0.3) is 17.0 Å². The van der Waals surface area contributed by atoms with E-state index in [1.165, 1.54) is 32.5 Å². The molecule has 0 aliphatic heterocycles. The topological polar surface area (TPSA) is 112 Å². The highest BCUT2D eigenvalue weighted by Crippen LogP contribution is 2.19. The quantitative estimate of drug-likeness (QED) is 0.185. The van der Waals surface area contributed by atoms with Gasteiger partial charge in [0, 0.05) is 27.1 Å². The Morgan fingerprint density at radius 1 is 0.900 bits per heavy atom. The Bertz CT molecular complexity index is 1640. The number of aryl methyl sites for hydroxylation is 1. The zero-order valence-corrected chi connectivity index (χ0v) is 25.8. The number of rotatable bonds is 7. The summed E-state index contributed by atoms with van der Waals surface area (Å²) < 4.78 is 38.4. The number of carbonyl (C=O) groups is 2. The molecule has 0 atom stereocenters. The first-order chi connectivity index (χ1) is 19.0. The minimum absolute atomic E-state index is 0.144. The van der Waals surface area contributed by atoms with Crippen molar-refractivity contribution in [3.8, 4) is 0 Å². The molecule has 3 aromatic carbocycles. The average molecular weight is 690 g/mol. The van der Waals surface area contributed by atoms with Crippen LogP contribution in [-0.4, -0.2) is 46.1 Å². The Hall–Kier alpha value is -3.38. The predicted molar refractivity (Wildman–Crippen MR) is 161 cm³/mol. The first kappa shape index (κ1) is 31.2. The van der Waals surface area contributed by atoms with Crippen molar-refractivity contribution in [3.05, 3.63) is 110 Å². The lowest BCUT2D eigenvalue weighted by atomic mass is 10.1. The third-order valence-corrected chi connectivity index (χ3v) is 7.95. The second kappa shape index (κ2) is 14.3. The molecule has 40 heavy (non-hydrogen) atoms. The molecule has 1 N–H and O–H groups in total. The van der Waals surface area contributed by atoms with E-state index < -0.39 is 16.0 Å². The molecule has 0 radical (unpaired) electrons. The summed E-state index contributed by atoms with van der Waals surface area (Å²) in [7, 11) is -1.11. The van der Waals surface area contributed by atoms with E-state index >= 15 is 0 Å². The van der Waals surface area contributed by atoms with Crippen molar-refractivity contribution in [3.63, 3.8) is 0 Å². The summed E-state index contributed by atoms with van der Waals surface area (Å²) in [5.41, 5.74) is 3.24. The lowest BCUT2D eigenvalue weighted by molar-refractivity contribution is -0.136. The van der Waals surface area contributed by atoms with E-state index in [9.17, 15) is 18.0 Å². The molecule has 0 unspecified atom stereocenters. The molecule has 0 bridgehead atoms. The first-order valence-corrected chi connectivity index (χ1v) is 14.8. The van der Waals surface area contributed by atoms with Gasteiger partial charge in [0.25, 0.3) is 0 Å². The fourth-order valence-corrected chi connectivity index (χ4v) is 4.99. The molecular weight excluding hydrogens is 664 g/mol. The second-order valence-corrected chi connectivity index (χ2v) is 12.0. The predicted octanol–water partition coefficient (Wildman–Crippen LogP) is 6.08. The van der Waals surface area contributed by atoms with Crippen LogP contribution in [0.3, 0.4) is 0 Å². The van der Waals surface area contributed by atoms with Crippen LogP contribution in [-0.2, 0) is 24.3 Å². The normalized spacial score (nSPS) is 11.4. The number of carbonyl (C=O) groups excluding carboxylic acids is 2.